The van der Waals surface area contributed by atoms with Gasteiger partial charge in [0.2, 0.25) is 10.1 Å². The molecule has 1 aromatic heterocycles. The van der Waals surface area contributed by atoms with Crippen LogP contribution in [0.3, 0.4) is 0 Å². The van der Waals surface area contributed by atoms with Crippen molar-refractivity contribution < 1.29 is 4.79 Å². The number of amides is 1. The van der Waals surface area contributed by atoms with Crippen LogP contribution in [0.5, 0.6) is 0 Å². The molecule has 0 aliphatic carbocycles. The molecule has 0 spiro atoms. The van der Waals surface area contributed by atoms with Crippen LogP contribution in [-0.4, -0.2) is 22.6 Å². The van der Waals surface area contributed by atoms with Crippen LogP contribution in [0.2, 0.25) is 0 Å². The SMILES string of the molecule is CCNc1nnc(C(=O)Nc2ccccc2C(C)C)s1. The van der Waals surface area contributed by atoms with Gasteiger partial charge in [0, 0.05) is 12.2 Å². The van der Waals surface area contributed by atoms with Gasteiger partial charge in [-0.25, -0.2) is 0 Å². The highest BCUT2D eigenvalue weighted by atomic mass is 32.1. The summed E-state index contributed by atoms with van der Waals surface area (Å²) in [5, 5.41) is 14.8. The highest BCUT2D eigenvalue weighted by Crippen LogP contribution is 2.24. The van der Waals surface area contributed by atoms with Gasteiger partial charge in [0.05, 0.1) is 0 Å². The molecule has 0 aliphatic rings. The van der Waals surface area contributed by atoms with Crippen LogP contribution in [0.4, 0.5) is 10.8 Å². The normalized spacial score (nSPS) is 10.6. The van der Waals surface area contributed by atoms with Gasteiger partial charge >= 0.3 is 0 Å². The van der Waals surface area contributed by atoms with E-state index in [1.54, 1.807) is 0 Å². The van der Waals surface area contributed by atoms with E-state index in [1.165, 1.54) is 11.3 Å². The molecule has 6 heteroatoms. The lowest BCUT2D eigenvalue weighted by molar-refractivity contribution is 0.102. The first-order valence-corrected chi connectivity index (χ1v) is 7.41. The zero-order valence-corrected chi connectivity index (χ0v) is 12.6. The number of carbonyl (C=O) groups excluding carboxylic acids is 1. The average Bonchev–Trinajstić information content (AvgIpc) is 2.88. The summed E-state index contributed by atoms with van der Waals surface area (Å²) in [7, 11) is 0. The van der Waals surface area contributed by atoms with Crippen LogP contribution < -0.4 is 10.6 Å². The van der Waals surface area contributed by atoms with Gasteiger partial charge < -0.3 is 10.6 Å². The van der Waals surface area contributed by atoms with Crippen molar-refractivity contribution in [3.05, 3.63) is 34.8 Å². The lowest BCUT2D eigenvalue weighted by Crippen LogP contribution is -2.13. The zero-order valence-electron chi connectivity index (χ0n) is 11.8. The van der Waals surface area contributed by atoms with Gasteiger partial charge in [-0.15, -0.1) is 10.2 Å². The standard InChI is InChI=1S/C14H18N4OS/c1-4-15-14-18-17-13(20-14)12(19)16-11-8-6-5-7-10(11)9(2)3/h5-9H,4H2,1-3H3,(H,15,18)(H,16,19). The Hall–Kier alpha value is -1.95. The first-order valence-electron chi connectivity index (χ1n) is 6.59. The third-order valence-electron chi connectivity index (χ3n) is 2.78. The second-order valence-corrected chi connectivity index (χ2v) is 5.62. The summed E-state index contributed by atoms with van der Waals surface area (Å²) in [6.45, 7) is 6.92. The van der Waals surface area contributed by atoms with E-state index in [0.29, 0.717) is 16.1 Å². The second-order valence-electron chi connectivity index (χ2n) is 4.64. The predicted molar refractivity (Wildman–Crippen MR) is 82.6 cm³/mol. The lowest BCUT2D eigenvalue weighted by atomic mass is 10.0. The van der Waals surface area contributed by atoms with Gasteiger partial charge in [0.1, 0.15) is 0 Å². The fourth-order valence-electron chi connectivity index (χ4n) is 1.83. The molecule has 0 unspecified atom stereocenters. The van der Waals surface area contributed by atoms with Crippen LogP contribution in [0.15, 0.2) is 24.3 Å². The number of aromatic nitrogens is 2. The van der Waals surface area contributed by atoms with Gasteiger partial charge in [-0.1, -0.05) is 43.4 Å². The summed E-state index contributed by atoms with van der Waals surface area (Å²) in [6, 6.07) is 7.80. The largest absolute Gasteiger partial charge is 0.360 e. The van der Waals surface area contributed by atoms with Crippen LogP contribution in [0.1, 0.15) is 42.1 Å². The monoisotopic (exact) mass is 290 g/mol. The maximum atomic E-state index is 12.2. The molecular formula is C14H18N4OS. The molecule has 0 atom stereocenters. The molecule has 0 saturated carbocycles. The Morgan fingerprint density at radius 3 is 2.75 bits per heavy atom. The molecule has 5 nitrogen and oxygen atoms in total. The minimum Gasteiger partial charge on any atom is -0.360 e. The van der Waals surface area contributed by atoms with Crippen molar-refractivity contribution >= 4 is 28.1 Å². The number of nitrogens with zero attached hydrogens (tertiary/aromatic N) is 2. The van der Waals surface area contributed by atoms with E-state index in [2.05, 4.69) is 34.7 Å². The van der Waals surface area contributed by atoms with Gasteiger partial charge in [0.15, 0.2) is 0 Å². The fourth-order valence-corrected chi connectivity index (χ4v) is 2.53. The Balaban J connectivity index is 2.15. The Morgan fingerprint density at radius 1 is 1.30 bits per heavy atom. The Labute approximate surface area is 122 Å². The predicted octanol–water partition coefficient (Wildman–Crippen LogP) is 3.35. The van der Waals surface area contributed by atoms with Gasteiger partial charge in [0.25, 0.3) is 5.91 Å². The first kappa shape index (κ1) is 14.5. The molecule has 0 bridgehead atoms. The molecule has 2 rings (SSSR count). The molecule has 0 radical (unpaired) electrons. The van der Waals surface area contributed by atoms with Crippen molar-refractivity contribution in [3.8, 4) is 0 Å². The third kappa shape index (κ3) is 3.33. The Bertz CT molecular complexity index is 594. The average molecular weight is 290 g/mol. The van der Waals surface area contributed by atoms with Crippen molar-refractivity contribution in [1.29, 1.82) is 0 Å². The van der Waals surface area contributed by atoms with E-state index in [-0.39, 0.29) is 5.91 Å². The summed E-state index contributed by atoms with van der Waals surface area (Å²) in [5.41, 5.74) is 1.94. The number of anilines is 2. The maximum Gasteiger partial charge on any atom is 0.286 e. The second kappa shape index (κ2) is 6.47. The van der Waals surface area contributed by atoms with Crippen LogP contribution in [0, 0.1) is 0 Å². The van der Waals surface area contributed by atoms with Crippen LogP contribution >= 0.6 is 11.3 Å². The maximum absolute atomic E-state index is 12.2. The molecule has 20 heavy (non-hydrogen) atoms. The zero-order chi connectivity index (χ0) is 14.5. The minimum absolute atomic E-state index is 0.222. The van der Waals surface area contributed by atoms with Crippen molar-refractivity contribution in [2.24, 2.45) is 0 Å². The van der Waals surface area contributed by atoms with E-state index < -0.39 is 0 Å². The lowest BCUT2D eigenvalue weighted by Gasteiger charge is -2.12. The van der Waals surface area contributed by atoms with E-state index in [0.717, 1.165) is 17.8 Å². The van der Waals surface area contributed by atoms with Crippen molar-refractivity contribution in [2.75, 3.05) is 17.2 Å². The summed E-state index contributed by atoms with van der Waals surface area (Å²) in [5.74, 6) is 0.123. The summed E-state index contributed by atoms with van der Waals surface area (Å²) < 4.78 is 0. The van der Waals surface area contributed by atoms with Gasteiger partial charge in [-0.3, -0.25) is 4.79 Å². The fraction of sp³-hybridized carbons (Fsp3) is 0.357. The van der Waals surface area contributed by atoms with Crippen LogP contribution in [-0.2, 0) is 0 Å². The van der Waals surface area contributed by atoms with E-state index >= 15 is 0 Å². The number of benzene rings is 1. The van der Waals surface area contributed by atoms with E-state index in [1.807, 2.05) is 31.2 Å². The molecule has 0 saturated heterocycles. The van der Waals surface area contributed by atoms with Crippen molar-refractivity contribution in [3.63, 3.8) is 0 Å². The molecule has 2 aromatic rings. The molecule has 2 N–H and O–H groups in total. The molecule has 1 heterocycles. The van der Waals surface area contributed by atoms with E-state index in [9.17, 15) is 4.79 Å². The summed E-state index contributed by atoms with van der Waals surface area (Å²) >= 11 is 1.25. The molecule has 0 fully saturated rings. The highest BCUT2D eigenvalue weighted by molar-refractivity contribution is 7.17. The van der Waals surface area contributed by atoms with Crippen LogP contribution in [0.25, 0.3) is 0 Å². The Kier molecular flexibility index (Phi) is 4.68. The molecule has 106 valence electrons. The topological polar surface area (TPSA) is 66.9 Å². The van der Waals surface area contributed by atoms with Crippen molar-refractivity contribution in [2.45, 2.75) is 26.7 Å². The molecule has 1 amide bonds. The summed E-state index contributed by atoms with van der Waals surface area (Å²) in [6.07, 6.45) is 0. The molecule has 0 aliphatic heterocycles. The number of hydrogen-bond donors (Lipinski definition) is 2. The number of rotatable bonds is 5. The van der Waals surface area contributed by atoms with Gasteiger partial charge in [-0.05, 0) is 24.5 Å². The van der Waals surface area contributed by atoms with E-state index in [4.69, 9.17) is 0 Å². The quantitative estimate of drug-likeness (QED) is 0.886. The number of carbonyl (C=O) groups is 1. The number of nitrogens with one attached hydrogen (secondary N) is 2. The summed E-state index contributed by atoms with van der Waals surface area (Å²) in [4.78, 5) is 12.2. The third-order valence-corrected chi connectivity index (χ3v) is 3.66. The van der Waals surface area contributed by atoms with Gasteiger partial charge in [-0.2, -0.15) is 0 Å². The highest BCUT2D eigenvalue weighted by Gasteiger charge is 2.15. The number of para-hydroxylation sites is 1. The number of hydrogen-bond acceptors (Lipinski definition) is 5. The smallest absolute Gasteiger partial charge is 0.286 e. The molecular weight excluding hydrogens is 272 g/mol. The Morgan fingerprint density at radius 2 is 2.05 bits per heavy atom. The van der Waals surface area contributed by atoms with Crippen molar-refractivity contribution in [1.82, 2.24) is 10.2 Å². The molecule has 1 aromatic carbocycles. The minimum atomic E-state index is -0.222. The first-order chi connectivity index (χ1) is 9.61.